The summed E-state index contributed by atoms with van der Waals surface area (Å²) in [5.74, 6) is 0. The van der Waals surface area contributed by atoms with Crippen molar-refractivity contribution < 1.29 is 0 Å². The SMILES string of the molecule is CC(=S)C(C)(C)Sc1ccc(C)cc1. The number of benzene rings is 1. The van der Waals surface area contributed by atoms with Crippen molar-refractivity contribution in [2.24, 2.45) is 0 Å². The fourth-order valence-electron chi connectivity index (χ4n) is 0.973. The lowest BCUT2D eigenvalue weighted by molar-refractivity contribution is 0.960. The normalized spacial score (nSPS) is 11.4. The van der Waals surface area contributed by atoms with E-state index in [1.54, 1.807) is 0 Å². The van der Waals surface area contributed by atoms with Crippen molar-refractivity contribution in [3.63, 3.8) is 0 Å². The van der Waals surface area contributed by atoms with Crippen molar-refractivity contribution in [3.8, 4) is 0 Å². The van der Waals surface area contributed by atoms with E-state index in [0.29, 0.717) is 0 Å². The van der Waals surface area contributed by atoms with Gasteiger partial charge < -0.3 is 0 Å². The van der Waals surface area contributed by atoms with Crippen molar-refractivity contribution in [2.45, 2.75) is 37.3 Å². The third kappa shape index (κ3) is 3.10. The van der Waals surface area contributed by atoms with Gasteiger partial charge in [-0.1, -0.05) is 29.9 Å². The van der Waals surface area contributed by atoms with Gasteiger partial charge in [0.1, 0.15) is 0 Å². The average Bonchev–Trinajstić information content (AvgIpc) is 2.08. The van der Waals surface area contributed by atoms with Crippen LogP contribution in [-0.2, 0) is 0 Å². The predicted octanol–water partition coefficient (Wildman–Crippen LogP) is 4.26. The minimum Gasteiger partial charge on any atom is -0.115 e. The molecule has 2 heteroatoms. The van der Waals surface area contributed by atoms with Crippen LogP contribution >= 0.6 is 24.0 Å². The second-order valence-electron chi connectivity index (χ2n) is 3.98. The molecule has 0 saturated carbocycles. The van der Waals surface area contributed by atoms with Crippen LogP contribution in [0.25, 0.3) is 0 Å². The number of hydrogen-bond acceptors (Lipinski definition) is 2. The molecule has 0 atom stereocenters. The van der Waals surface area contributed by atoms with Gasteiger partial charge in [-0.05, 0) is 39.8 Å². The molecule has 76 valence electrons. The molecule has 0 aromatic heterocycles. The van der Waals surface area contributed by atoms with Crippen LogP contribution in [0.2, 0.25) is 0 Å². The van der Waals surface area contributed by atoms with E-state index in [9.17, 15) is 0 Å². The zero-order valence-electron chi connectivity index (χ0n) is 9.13. The van der Waals surface area contributed by atoms with Crippen LogP contribution in [0, 0.1) is 6.92 Å². The van der Waals surface area contributed by atoms with E-state index >= 15 is 0 Å². The average molecular weight is 224 g/mol. The van der Waals surface area contributed by atoms with E-state index in [2.05, 4.69) is 45.0 Å². The van der Waals surface area contributed by atoms with Crippen LogP contribution in [-0.4, -0.2) is 9.61 Å². The first-order valence-electron chi connectivity index (χ1n) is 4.68. The first-order chi connectivity index (χ1) is 6.42. The van der Waals surface area contributed by atoms with E-state index in [4.69, 9.17) is 12.2 Å². The van der Waals surface area contributed by atoms with Gasteiger partial charge in [-0.3, -0.25) is 0 Å². The molecular weight excluding hydrogens is 208 g/mol. The van der Waals surface area contributed by atoms with E-state index in [1.165, 1.54) is 10.5 Å². The lowest BCUT2D eigenvalue weighted by Gasteiger charge is -2.22. The minimum atomic E-state index is 0.0462. The number of rotatable bonds is 3. The molecule has 14 heavy (non-hydrogen) atoms. The van der Waals surface area contributed by atoms with Gasteiger partial charge in [0, 0.05) is 14.5 Å². The summed E-state index contributed by atoms with van der Waals surface area (Å²) in [4.78, 5) is 2.33. The quantitative estimate of drug-likeness (QED) is 0.556. The van der Waals surface area contributed by atoms with Gasteiger partial charge in [0.05, 0.1) is 0 Å². The fraction of sp³-hybridized carbons (Fsp3) is 0.417. The molecule has 0 heterocycles. The fourth-order valence-corrected chi connectivity index (χ4v) is 2.10. The summed E-state index contributed by atoms with van der Waals surface area (Å²) >= 11 is 7.06. The Labute approximate surface area is 96.1 Å². The van der Waals surface area contributed by atoms with Crippen molar-refractivity contribution in [1.82, 2.24) is 0 Å². The molecule has 0 bridgehead atoms. The highest BCUT2D eigenvalue weighted by Crippen LogP contribution is 2.33. The molecule has 0 amide bonds. The lowest BCUT2D eigenvalue weighted by Crippen LogP contribution is -2.22. The van der Waals surface area contributed by atoms with Crippen molar-refractivity contribution in [3.05, 3.63) is 29.8 Å². The Kier molecular flexibility index (Phi) is 3.73. The van der Waals surface area contributed by atoms with Gasteiger partial charge in [-0.25, -0.2) is 0 Å². The standard InChI is InChI=1S/C12H16S2/c1-9-5-7-11(8-6-9)14-12(3,4)10(2)13/h5-8H,1-4H3. The summed E-state index contributed by atoms with van der Waals surface area (Å²) in [6.45, 7) is 8.44. The Hall–Kier alpha value is -0.340. The third-order valence-corrected chi connectivity index (χ3v) is 4.21. The highest BCUT2D eigenvalue weighted by Gasteiger charge is 2.21. The molecule has 0 spiro atoms. The van der Waals surface area contributed by atoms with E-state index < -0.39 is 0 Å². The van der Waals surface area contributed by atoms with Gasteiger partial charge in [0.15, 0.2) is 0 Å². The van der Waals surface area contributed by atoms with Crippen LogP contribution in [0.4, 0.5) is 0 Å². The Morgan fingerprint density at radius 1 is 1.21 bits per heavy atom. The summed E-state index contributed by atoms with van der Waals surface area (Å²) in [7, 11) is 0. The number of hydrogen-bond donors (Lipinski definition) is 0. The zero-order valence-corrected chi connectivity index (χ0v) is 10.8. The van der Waals surface area contributed by atoms with Crippen molar-refractivity contribution >= 4 is 28.8 Å². The zero-order chi connectivity index (χ0) is 10.8. The maximum atomic E-state index is 5.24. The van der Waals surface area contributed by atoms with Crippen LogP contribution in [0.5, 0.6) is 0 Å². The molecule has 0 unspecified atom stereocenters. The molecule has 1 rings (SSSR count). The second kappa shape index (κ2) is 4.45. The molecule has 0 saturated heterocycles. The molecule has 1 aromatic rings. The van der Waals surface area contributed by atoms with Gasteiger partial charge in [-0.2, -0.15) is 0 Å². The monoisotopic (exact) mass is 224 g/mol. The van der Waals surface area contributed by atoms with Crippen LogP contribution < -0.4 is 0 Å². The molecule has 0 aliphatic rings. The first kappa shape index (κ1) is 11.7. The smallest absolute Gasteiger partial charge is 0.0459 e. The van der Waals surface area contributed by atoms with E-state index in [1.807, 2.05) is 18.7 Å². The van der Waals surface area contributed by atoms with Gasteiger partial charge in [0.2, 0.25) is 0 Å². The summed E-state index contributed by atoms with van der Waals surface area (Å²) in [6.07, 6.45) is 0. The highest BCUT2D eigenvalue weighted by molar-refractivity contribution is 8.02. The maximum Gasteiger partial charge on any atom is 0.0459 e. The van der Waals surface area contributed by atoms with E-state index in [-0.39, 0.29) is 4.75 Å². The first-order valence-corrected chi connectivity index (χ1v) is 5.91. The summed E-state index contributed by atoms with van der Waals surface area (Å²) in [5, 5.41) is 0. The molecular formula is C12H16S2. The molecule has 0 fully saturated rings. The number of aryl methyl sites for hydroxylation is 1. The minimum absolute atomic E-state index is 0.0462. The lowest BCUT2D eigenvalue weighted by atomic mass is 10.1. The van der Waals surface area contributed by atoms with Crippen molar-refractivity contribution in [1.29, 1.82) is 0 Å². The van der Waals surface area contributed by atoms with Crippen LogP contribution in [0.1, 0.15) is 26.3 Å². The highest BCUT2D eigenvalue weighted by atomic mass is 32.2. The van der Waals surface area contributed by atoms with E-state index in [0.717, 1.165) is 4.86 Å². The topological polar surface area (TPSA) is 0 Å². The predicted molar refractivity (Wildman–Crippen MR) is 69.4 cm³/mol. The largest absolute Gasteiger partial charge is 0.115 e. The Morgan fingerprint density at radius 2 is 1.71 bits per heavy atom. The molecule has 1 aromatic carbocycles. The van der Waals surface area contributed by atoms with Gasteiger partial charge >= 0.3 is 0 Å². The molecule has 0 radical (unpaired) electrons. The molecule has 0 aliphatic carbocycles. The number of thiocarbonyl (C=S) groups is 1. The summed E-state index contributed by atoms with van der Waals surface area (Å²) in [5.41, 5.74) is 1.30. The molecule has 0 nitrogen and oxygen atoms in total. The number of thioether (sulfide) groups is 1. The van der Waals surface area contributed by atoms with Crippen LogP contribution in [0.3, 0.4) is 0 Å². The van der Waals surface area contributed by atoms with Crippen LogP contribution in [0.15, 0.2) is 29.2 Å². The summed E-state index contributed by atoms with van der Waals surface area (Å²) in [6, 6.07) is 8.58. The van der Waals surface area contributed by atoms with Crippen molar-refractivity contribution in [2.75, 3.05) is 0 Å². The Morgan fingerprint density at radius 3 is 2.14 bits per heavy atom. The Balaban J connectivity index is 2.79. The van der Waals surface area contributed by atoms with Gasteiger partial charge in [-0.15, -0.1) is 11.8 Å². The maximum absolute atomic E-state index is 5.24. The molecule has 0 N–H and O–H groups in total. The third-order valence-electron chi connectivity index (χ3n) is 2.24. The van der Waals surface area contributed by atoms with Gasteiger partial charge in [0.25, 0.3) is 0 Å². The summed E-state index contributed by atoms with van der Waals surface area (Å²) < 4.78 is 0.0462. The Bertz CT molecular complexity index is 323. The second-order valence-corrected chi connectivity index (χ2v) is 6.29. The molecule has 0 aliphatic heterocycles.